The van der Waals surface area contributed by atoms with Crippen molar-refractivity contribution in [3.8, 4) is 0 Å². The largest absolute Gasteiger partial charge is 0.480 e. The van der Waals surface area contributed by atoms with Gasteiger partial charge in [-0.05, 0) is 19.3 Å². The van der Waals surface area contributed by atoms with Gasteiger partial charge in [0, 0.05) is 19.6 Å². The van der Waals surface area contributed by atoms with E-state index in [9.17, 15) is 24.3 Å². The van der Waals surface area contributed by atoms with Crippen LogP contribution in [0.15, 0.2) is 0 Å². The van der Waals surface area contributed by atoms with Gasteiger partial charge < -0.3 is 20.4 Å². The molecule has 12 nitrogen and oxygen atoms in total. The van der Waals surface area contributed by atoms with Crippen LogP contribution in [0.4, 0.5) is 0 Å². The van der Waals surface area contributed by atoms with E-state index < -0.39 is 49.6 Å². The molecular weight excluding hydrogens is 352 g/mol. The molecule has 0 aliphatic rings. The SMILES string of the molecule is NNCCCC[C@@H](C(=O)O)N(CCN(CC(=O)O)CC(=O)O)CC(=O)O. The zero-order valence-corrected chi connectivity index (χ0v) is 14.3. The molecule has 0 aromatic rings. The van der Waals surface area contributed by atoms with Crippen LogP contribution in [-0.4, -0.2) is 99.4 Å². The Bertz CT molecular complexity index is 472. The van der Waals surface area contributed by atoms with Crippen LogP contribution in [0.5, 0.6) is 0 Å². The van der Waals surface area contributed by atoms with Crippen LogP contribution in [0.1, 0.15) is 19.3 Å². The molecule has 0 amide bonds. The fourth-order valence-electron chi connectivity index (χ4n) is 2.41. The predicted octanol–water partition coefficient (Wildman–Crippen LogP) is -2.07. The maximum atomic E-state index is 11.5. The summed E-state index contributed by atoms with van der Waals surface area (Å²) < 4.78 is 0. The van der Waals surface area contributed by atoms with Crippen LogP contribution in [0.25, 0.3) is 0 Å². The van der Waals surface area contributed by atoms with Gasteiger partial charge in [-0.2, -0.15) is 0 Å². The number of unbranched alkanes of at least 4 members (excludes halogenated alkanes) is 1. The molecule has 0 rings (SSSR count). The lowest BCUT2D eigenvalue weighted by Crippen LogP contribution is -2.48. The van der Waals surface area contributed by atoms with Crippen molar-refractivity contribution in [2.75, 3.05) is 39.3 Å². The lowest BCUT2D eigenvalue weighted by atomic mass is 10.1. The number of aliphatic carboxylic acids is 4. The first kappa shape index (κ1) is 23.7. The molecule has 150 valence electrons. The first-order chi connectivity index (χ1) is 12.2. The van der Waals surface area contributed by atoms with Crippen LogP contribution < -0.4 is 11.3 Å². The molecule has 0 fully saturated rings. The Labute approximate surface area is 150 Å². The highest BCUT2D eigenvalue weighted by molar-refractivity contribution is 5.75. The van der Waals surface area contributed by atoms with E-state index in [0.29, 0.717) is 19.4 Å². The fourth-order valence-corrected chi connectivity index (χ4v) is 2.41. The highest BCUT2D eigenvalue weighted by atomic mass is 16.4. The second-order valence-electron chi connectivity index (χ2n) is 5.67. The van der Waals surface area contributed by atoms with Gasteiger partial charge in [-0.1, -0.05) is 0 Å². The zero-order valence-electron chi connectivity index (χ0n) is 14.3. The number of carbonyl (C=O) groups is 4. The van der Waals surface area contributed by atoms with Crippen molar-refractivity contribution in [3.05, 3.63) is 0 Å². The van der Waals surface area contributed by atoms with Crippen molar-refractivity contribution in [1.82, 2.24) is 15.2 Å². The first-order valence-corrected chi connectivity index (χ1v) is 7.95. The van der Waals surface area contributed by atoms with Gasteiger partial charge in [0.25, 0.3) is 0 Å². The summed E-state index contributed by atoms with van der Waals surface area (Å²) in [6.07, 6.45) is 1.28. The number of carboxylic acids is 4. The molecule has 0 saturated heterocycles. The summed E-state index contributed by atoms with van der Waals surface area (Å²) in [7, 11) is 0. The minimum Gasteiger partial charge on any atom is -0.480 e. The van der Waals surface area contributed by atoms with E-state index in [1.807, 2.05) is 0 Å². The number of rotatable bonds is 16. The molecule has 0 saturated carbocycles. The predicted molar refractivity (Wildman–Crippen MR) is 88.4 cm³/mol. The second-order valence-corrected chi connectivity index (χ2v) is 5.67. The fraction of sp³-hybridized carbons (Fsp3) is 0.714. The highest BCUT2D eigenvalue weighted by Gasteiger charge is 2.27. The lowest BCUT2D eigenvalue weighted by molar-refractivity contribution is -0.148. The Morgan fingerprint density at radius 1 is 0.846 bits per heavy atom. The average molecular weight is 378 g/mol. The van der Waals surface area contributed by atoms with Crippen molar-refractivity contribution in [3.63, 3.8) is 0 Å². The average Bonchev–Trinajstić information content (AvgIpc) is 2.49. The minimum absolute atomic E-state index is 0.0972. The Hall–Kier alpha value is -2.28. The number of hydrogen-bond donors (Lipinski definition) is 6. The summed E-state index contributed by atoms with van der Waals surface area (Å²) in [4.78, 5) is 46.5. The van der Waals surface area contributed by atoms with Crippen LogP contribution in [0.3, 0.4) is 0 Å². The van der Waals surface area contributed by atoms with E-state index in [2.05, 4.69) is 5.43 Å². The van der Waals surface area contributed by atoms with Crippen molar-refractivity contribution in [2.45, 2.75) is 25.3 Å². The standard InChI is InChI=1S/C14H26N4O8/c15-16-4-2-1-3-10(14(25)26)18(9-13(23)24)6-5-17(7-11(19)20)8-12(21)22/h10,16H,1-9,15H2,(H,19,20)(H,21,22)(H,23,24)(H,25,26)/t10-/m0/s1. The lowest BCUT2D eigenvalue weighted by Gasteiger charge is -2.29. The van der Waals surface area contributed by atoms with Crippen LogP contribution in [0.2, 0.25) is 0 Å². The molecule has 0 aliphatic heterocycles. The number of hydrazine groups is 1. The molecule has 0 aromatic heterocycles. The van der Waals surface area contributed by atoms with Crippen molar-refractivity contribution < 1.29 is 39.6 Å². The normalized spacial score (nSPS) is 12.3. The molecule has 0 unspecified atom stereocenters. The minimum atomic E-state index is -1.24. The highest BCUT2D eigenvalue weighted by Crippen LogP contribution is 2.10. The monoisotopic (exact) mass is 378 g/mol. The quantitative estimate of drug-likeness (QED) is 0.0977. The third-order valence-electron chi connectivity index (χ3n) is 3.53. The molecule has 0 aliphatic carbocycles. The summed E-state index contributed by atoms with van der Waals surface area (Å²) in [5.41, 5.74) is 2.44. The molecule has 12 heteroatoms. The van der Waals surface area contributed by atoms with Gasteiger partial charge in [0.1, 0.15) is 6.04 Å². The molecule has 1 atom stereocenters. The summed E-state index contributed by atoms with van der Waals surface area (Å²) in [6.45, 7) is -1.37. The molecule has 0 bridgehead atoms. The van der Waals surface area contributed by atoms with E-state index in [0.717, 1.165) is 4.90 Å². The van der Waals surface area contributed by atoms with Crippen LogP contribution >= 0.6 is 0 Å². The van der Waals surface area contributed by atoms with E-state index in [-0.39, 0.29) is 19.5 Å². The Morgan fingerprint density at radius 2 is 1.38 bits per heavy atom. The summed E-state index contributed by atoms with van der Waals surface area (Å²) in [6, 6.07) is -1.08. The topological polar surface area (TPSA) is 194 Å². The summed E-state index contributed by atoms with van der Waals surface area (Å²) in [5.74, 6) is 0.231. The van der Waals surface area contributed by atoms with Gasteiger partial charge in [-0.25, -0.2) is 0 Å². The van der Waals surface area contributed by atoms with Crippen molar-refractivity contribution >= 4 is 23.9 Å². The van der Waals surface area contributed by atoms with Gasteiger partial charge in [-0.15, -0.1) is 0 Å². The zero-order chi connectivity index (χ0) is 20.1. The first-order valence-electron chi connectivity index (χ1n) is 7.95. The molecular formula is C14H26N4O8. The van der Waals surface area contributed by atoms with E-state index >= 15 is 0 Å². The van der Waals surface area contributed by atoms with Gasteiger partial charge in [-0.3, -0.25) is 40.2 Å². The number of carboxylic acid groups (broad SMARTS) is 4. The molecule has 0 heterocycles. The van der Waals surface area contributed by atoms with Gasteiger partial charge >= 0.3 is 23.9 Å². The van der Waals surface area contributed by atoms with Crippen LogP contribution in [-0.2, 0) is 19.2 Å². The Morgan fingerprint density at radius 3 is 1.81 bits per heavy atom. The third kappa shape index (κ3) is 11.3. The number of nitrogens with zero attached hydrogens (tertiary/aromatic N) is 2. The molecule has 0 aromatic carbocycles. The number of nitrogens with two attached hydrogens (primary N) is 1. The molecule has 0 spiro atoms. The Kier molecular flexibility index (Phi) is 11.9. The smallest absolute Gasteiger partial charge is 0.320 e. The van der Waals surface area contributed by atoms with Crippen molar-refractivity contribution in [2.24, 2.45) is 5.84 Å². The Balaban J connectivity index is 4.99. The van der Waals surface area contributed by atoms with Gasteiger partial charge in [0.15, 0.2) is 0 Å². The molecule has 0 radical (unpaired) electrons. The second kappa shape index (κ2) is 13.0. The van der Waals surface area contributed by atoms with Crippen LogP contribution in [0, 0.1) is 0 Å². The van der Waals surface area contributed by atoms with E-state index in [1.165, 1.54) is 4.90 Å². The summed E-state index contributed by atoms with van der Waals surface area (Å²) in [5, 5.41) is 36.0. The number of hydrogen-bond acceptors (Lipinski definition) is 8. The number of nitrogens with one attached hydrogen (secondary N) is 1. The van der Waals surface area contributed by atoms with E-state index in [1.54, 1.807) is 0 Å². The maximum absolute atomic E-state index is 11.5. The third-order valence-corrected chi connectivity index (χ3v) is 3.53. The van der Waals surface area contributed by atoms with Gasteiger partial charge in [0.05, 0.1) is 19.6 Å². The molecule has 7 N–H and O–H groups in total. The molecule has 26 heavy (non-hydrogen) atoms. The summed E-state index contributed by atoms with van der Waals surface area (Å²) >= 11 is 0. The van der Waals surface area contributed by atoms with Crippen molar-refractivity contribution in [1.29, 1.82) is 0 Å². The van der Waals surface area contributed by atoms with E-state index in [4.69, 9.17) is 21.2 Å². The maximum Gasteiger partial charge on any atom is 0.320 e. The van der Waals surface area contributed by atoms with Gasteiger partial charge in [0.2, 0.25) is 0 Å².